The predicted octanol–water partition coefficient (Wildman–Crippen LogP) is 16.8. The smallest absolute Gasteiger partial charge is 0.462 e. The van der Waals surface area contributed by atoms with E-state index >= 15 is 0 Å². The Bertz CT molecular complexity index is 988. The number of esters is 2. The molecule has 0 aliphatic heterocycles. The molecule has 356 valence electrons. The maximum Gasteiger partial charge on any atom is 0.472 e. The van der Waals surface area contributed by atoms with E-state index in [4.69, 9.17) is 18.5 Å². The van der Waals surface area contributed by atoms with Gasteiger partial charge in [-0.3, -0.25) is 18.6 Å². The number of carbonyl (C=O) groups excluding carboxylic acids is 2. The van der Waals surface area contributed by atoms with Crippen molar-refractivity contribution in [2.45, 2.75) is 284 Å². The molecule has 60 heavy (non-hydrogen) atoms. The zero-order valence-electron chi connectivity index (χ0n) is 39.9. The van der Waals surface area contributed by atoms with Gasteiger partial charge in [-0.25, -0.2) is 4.57 Å². The van der Waals surface area contributed by atoms with E-state index < -0.39 is 26.5 Å². The van der Waals surface area contributed by atoms with Crippen LogP contribution in [0, 0.1) is 0 Å². The van der Waals surface area contributed by atoms with Crippen LogP contribution in [0.3, 0.4) is 0 Å². The Morgan fingerprint density at radius 2 is 0.750 bits per heavy atom. The molecular weight excluding hydrogens is 772 g/mol. The van der Waals surface area contributed by atoms with Crippen molar-refractivity contribution >= 4 is 19.8 Å². The fraction of sp³-hybridized carbons (Fsp3) is 0.922. The van der Waals surface area contributed by atoms with Crippen molar-refractivity contribution in [1.29, 1.82) is 0 Å². The largest absolute Gasteiger partial charge is 0.472 e. The molecule has 0 heterocycles. The molecular formula is C51H99O8P. The zero-order valence-corrected chi connectivity index (χ0v) is 40.8. The predicted molar refractivity (Wildman–Crippen MR) is 253 cm³/mol. The maximum absolute atomic E-state index is 12.6. The van der Waals surface area contributed by atoms with Gasteiger partial charge in [0.2, 0.25) is 0 Å². The molecule has 0 spiro atoms. The second kappa shape index (κ2) is 47.3. The van der Waals surface area contributed by atoms with Crippen LogP contribution in [0.15, 0.2) is 12.2 Å². The van der Waals surface area contributed by atoms with Crippen LogP contribution in [0.4, 0.5) is 0 Å². The van der Waals surface area contributed by atoms with E-state index in [2.05, 4.69) is 26.0 Å². The van der Waals surface area contributed by atoms with Gasteiger partial charge in [0.05, 0.1) is 13.2 Å². The summed E-state index contributed by atoms with van der Waals surface area (Å²) in [5.41, 5.74) is 0. The van der Waals surface area contributed by atoms with Crippen molar-refractivity contribution in [1.82, 2.24) is 0 Å². The van der Waals surface area contributed by atoms with Gasteiger partial charge < -0.3 is 14.4 Å². The number of hydrogen-bond acceptors (Lipinski definition) is 7. The van der Waals surface area contributed by atoms with Gasteiger partial charge in [-0.15, -0.1) is 0 Å². The number of phosphoric acid groups is 1. The van der Waals surface area contributed by atoms with Crippen LogP contribution in [-0.2, 0) is 32.7 Å². The highest BCUT2D eigenvalue weighted by Gasteiger charge is 2.25. The Balaban J connectivity index is 3.90. The van der Waals surface area contributed by atoms with Crippen LogP contribution in [0.2, 0.25) is 0 Å². The molecule has 0 aromatic heterocycles. The molecule has 2 unspecified atom stereocenters. The molecule has 9 heteroatoms. The van der Waals surface area contributed by atoms with Crippen molar-refractivity contribution in [3.05, 3.63) is 12.2 Å². The van der Waals surface area contributed by atoms with Gasteiger partial charge in [-0.2, -0.15) is 0 Å². The van der Waals surface area contributed by atoms with Crippen LogP contribution in [0.25, 0.3) is 0 Å². The maximum atomic E-state index is 12.6. The van der Waals surface area contributed by atoms with E-state index in [-0.39, 0.29) is 25.6 Å². The summed E-state index contributed by atoms with van der Waals surface area (Å²) in [6, 6.07) is 0. The molecule has 0 radical (unpaired) electrons. The minimum Gasteiger partial charge on any atom is -0.462 e. The fourth-order valence-electron chi connectivity index (χ4n) is 7.75. The van der Waals surface area contributed by atoms with E-state index in [0.29, 0.717) is 12.8 Å². The fourth-order valence-corrected chi connectivity index (χ4v) is 8.50. The summed E-state index contributed by atoms with van der Waals surface area (Å²) < 4.78 is 32.8. The summed E-state index contributed by atoms with van der Waals surface area (Å²) in [6.07, 6.45) is 52.8. The molecule has 8 nitrogen and oxygen atoms in total. The monoisotopic (exact) mass is 871 g/mol. The topological polar surface area (TPSA) is 108 Å². The van der Waals surface area contributed by atoms with Crippen LogP contribution in [0.5, 0.6) is 0 Å². The number of carbonyl (C=O) groups is 2. The molecule has 0 rings (SSSR count). The van der Waals surface area contributed by atoms with Crippen LogP contribution < -0.4 is 0 Å². The number of phosphoric ester groups is 1. The number of hydrogen-bond donors (Lipinski definition) is 1. The van der Waals surface area contributed by atoms with E-state index in [1.54, 1.807) is 6.92 Å². The molecule has 0 amide bonds. The van der Waals surface area contributed by atoms with Crippen molar-refractivity contribution in [2.75, 3.05) is 19.8 Å². The van der Waals surface area contributed by atoms with Gasteiger partial charge in [0.25, 0.3) is 0 Å². The van der Waals surface area contributed by atoms with E-state index in [9.17, 15) is 19.0 Å². The SMILES string of the molecule is CCCCCCCCC/C=C\CCCCCCCC(=O)OC(COC(=O)CCCCCCCCCCCCCCCCCCCCCCCCCC)COP(=O)(O)OCC. The van der Waals surface area contributed by atoms with E-state index in [0.717, 1.165) is 51.4 Å². The van der Waals surface area contributed by atoms with Crippen molar-refractivity contribution < 1.29 is 37.6 Å². The Morgan fingerprint density at radius 1 is 0.433 bits per heavy atom. The highest BCUT2D eigenvalue weighted by atomic mass is 31.2. The minimum atomic E-state index is -4.28. The van der Waals surface area contributed by atoms with Crippen molar-refractivity contribution in [2.24, 2.45) is 0 Å². The molecule has 0 aliphatic carbocycles. The molecule has 0 aromatic rings. The average Bonchev–Trinajstić information content (AvgIpc) is 3.23. The standard InChI is InChI=1S/C51H99O8P/c1-4-7-9-11-13-15-17-19-21-23-24-25-26-27-28-29-30-32-33-35-37-39-41-43-45-50(52)56-47-49(48-58-60(54,55)57-6-3)59-51(53)46-44-42-40-38-36-34-31-22-20-18-16-14-12-10-8-5-2/h22,31,49H,4-21,23-30,32-48H2,1-3H3,(H,54,55)/b31-22-. The Morgan fingerprint density at radius 3 is 1.10 bits per heavy atom. The highest BCUT2D eigenvalue weighted by molar-refractivity contribution is 7.47. The summed E-state index contributed by atoms with van der Waals surface area (Å²) in [5.74, 6) is -0.790. The molecule has 0 saturated carbocycles. The quantitative estimate of drug-likeness (QED) is 0.0279. The third-order valence-electron chi connectivity index (χ3n) is 11.6. The summed E-state index contributed by atoms with van der Waals surface area (Å²) in [6.45, 7) is 5.52. The number of allylic oxidation sites excluding steroid dienone is 2. The number of rotatable bonds is 49. The lowest BCUT2D eigenvalue weighted by Crippen LogP contribution is -2.29. The lowest BCUT2D eigenvalue weighted by Gasteiger charge is -2.19. The molecule has 1 N–H and O–H groups in total. The highest BCUT2D eigenvalue weighted by Crippen LogP contribution is 2.43. The normalized spacial score (nSPS) is 13.2. The van der Waals surface area contributed by atoms with Gasteiger partial charge in [0, 0.05) is 12.8 Å². The molecule has 0 aromatic carbocycles. The van der Waals surface area contributed by atoms with Crippen LogP contribution >= 0.6 is 7.82 Å². The minimum absolute atomic E-state index is 0.00233. The lowest BCUT2D eigenvalue weighted by molar-refractivity contribution is -0.161. The number of ether oxygens (including phenoxy) is 2. The first-order valence-corrected chi connectivity index (χ1v) is 27.5. The Kier molecular flexibility index (Phi) is 46.3. The van der Waals surface area contributed by atoms with Crippen LogP contribution in [-0.4, -0.2) is 42.8 Å². The third-order valence-corrected chi connectivity index (χ3v) is 12.6. The van der Waals surface area contributed by atoms with Gasteiger partial charge in [0.1, 0.15) is 6.61 Å². The summed E-state index contributed by atoms with van der Waals surface area (Å²) in [5, 5.41) is 0. The van der Waals surface area contributed by atoms with Crippen molar-refractivity contribution in [3.8, 4) is 0 Å². The summed E-state index contributed by atoms with van der Waals surface area (Å²) in [7, 11) is -4.28. The molecule has 0 saturated heterocycles. The van der Waals surface area contributed by atoms with E-state index in [1.807, 2.05) is 0 Å². The van der Waals surface area contributed by atoms with Gasteiger partial charge in [0.15, 0.2) is 6.10 Å². The lowest BCUT2D eigenvalue weighted by atomic mass is 10.0. The van der Waals surface area contributed by atoms with Gasteiger partial charge in [-0.1, -0.05) is 231 Å². The zero-order chi connectivity index (χ0) is 43.9. The first kappa shape index (κ1) is 58.8. The molecule has 2 atom stereocenters. The summed E-state index contributed by atoms with van der Waals surface area (Å²) >= 11 is 0. The Hall–Kier alpha value is -1.21. The van der Waals surface area contributed by atoms with E-state index in [1.165, 1.54) is 186 Å². The first-order chi connectivity index (χ1) is 29.3. The Labute approximate surface area is 371 Å². The van der Waals surface area contributed by atoms with Crippen LogP contribution in [0.1, 0.15) is 278 Å². The van der Waals surface area contributed by atoms with Crippen molar-refractivity contribution in [3.63, 3.8) is 0 Å². The number of unbranched alkanes of at least 4 members (excludes halogenated alkanes) is 35. The average molecular weight is 871 g/mol. The third kappa shape index (κ3) is 46.3. The molecule has 0 bridgehead atoms. The summed E-state index contributed by atoms with van der Waals surface area (Å²) in [4.78, 5) is 34.9. The van der Waals surface area contributed by atoms with Gasteiger partial charge >= 0.3 is 19.8 Å². The second-order valence-corrected chi connectivity index (χ2v) is 19.0. The van der Waals surface area contributed by atoms with Gasteiger partial charge in [-0.05, 0) is 45.4 Å². The first-order valence-electron chi connectivity index (χ1n) is 26.0. The molecule has 0 fully saturated rings. The second-order valence-electron chi connectivity index (χ2n) is 17.5. The molecule has 0 aliphatic rings.